The number of likely N-dealkylation sites (N-methyl/N-ethyl adjacent to an activating group) is 1. The first-order valence-corrected chi connectivity index (χ1v) is 7.30. The lowest BCUT2D eigenvalue weighted by atomic mass is 9.91. The van der Waals surface area contributed by atoms with E-state index < -0.39 is 0 Å². The van der Waals surface area contributed by atoms with Gasteiger partial charge in [-0.1, -0.05) is 12.1 Å². The van der Waals surface area contributed by atoms with E-state index in [4.69, 9.17) is 0 Å². The standard InChI is InChI=1S/C16H23FN2O2/c1-18(2)15-10-19(7-6-13(15)11-20)16(21)9-12-4-3-5-14(17)8-12/h3-5,8,13,15,20H,6-7,9-11H2,1-2H3/t13-,15-/m1/s1. The summed E-state index contributed by atoms with van der Waals surface area (Å²) in [7, 11) is 3.93. The minimum atomic E-state index is -0.314. The van der Waals surface area contributed by atoms with Gasteiger partial charge in [-0.15, -0.1) is 0 Å². The molecule has 5 heteroatoms. The third-order valence-electron chi connectivity index (χ3n) is 4.22. The van der Waals surface area contributed by atoms with E-state index in [1.165, 1.54) is 12.1 Å². The van der Waals surface area contributed by atoms with Gasteiger partial charge in [0.05, 0.1) is 6.42 Å². The van der Waals surface area contributed by atoms with Gasteiger partial charge in [0.15, 0.2) is 0 Å². The maximum Gasteiger partial charge on any atom is 0.227 e. The maximum atomic E-state index is 13.2. The fourth-order valence-corrected chi connectivity index (χ4v) is 2.94. The number of piperidine rings is 1. The number of benzene rings is 1. The highest BCUT2D eigenvalue weighted by Gasteiger charge is 2.32. The van der Waals surface area contributed by atoms with Crippen LogP contribution in [-0.4, -0.2) is 60.6 Å². The molecule has 1 aromatic carbocycles. The molecule has 1 fully saturated rings. The molecule has 4 nitrogen and oxygen atoms in total. The minimum absolute atomic E-state index is 0.0174. The van der Waals surface area contributed by atoms with E-state index in [1.807, 2.05) is 19.0 Å². The number of carbonyl (C=O) groups excluding carboxylic acids is 1. The monoisotopic (exact) mass is 294 g/mol. The van der Waals surface area contributed by atoms with Crippen molar-refractivity contribution in [1.82, 2.24) is 9.80 Å². The van der Waals surface area contributed by atoms with E-state index in [1.54, 1.807) is 12.1 Å². The minimum Gasteiger partial charge on any atom is -0.396 e. The molecule has 1 heterocycles. The molecule has 1 saturated heterocycles. The van der Waals surface area contributed by atoms with Crippen LogP contribution < -0.4 is 0 Å². The van der Waals surface area contributed by atoms with Gasteiger partial charge in [-0.2, -0.15) is 0 Å². The smallest absolute Gasteiger partial charge is 0.227 e. The van der Waals surface area contributed by atoms with Crippen molar-refractivity contribution in [3.8, 4) is 0 Å². The molecule has 0 unspecified atom stereocenters. The van der Waals surface area contributed by atoms with Gasteiger partial charge in [0.1, 0.15) is 5.82 Å². The Labute approximate surface area is 125 Å². The summed E-state index contributed by atoms with van der Waals surface area (Å²) in [6, 6.07) is 6.34. The Balaban J connectivity index is 2.00. The summed E-state index contributed by atoms with van der Waals surface area (Å²) in [5.41, 5.74) is 0.700. The summed E-state index contributed by atoms with van der Waals surface area (Å²) in [4.78, 5) is 16.2. The van der Waals surface area contributed by atoms with E-state index in [2.05, 4.69) is 4.90 Å². The second-order valence-corrected chi connectivity index (χ2v) is 5.91. The lowest BCUT2D eigenvalue weighted by Crippen LogP contribution is -2.53. The van der Waals surface area contributed by atoms with Crippen LogP contribution in [0.2, 0.25) is 0 Å². The first-order chi connectivity index (χ1) is 10.0. The predicted octanol–water partition coefficient (Wildman–Crippen LogP) is 1.14. The molecule has 0 aromatic heterocycles. The van der Waals surface area contributed by atoms with Gasteiger partial charge < -0.3 is 14.9 Å². The van der Waals surface area contributed by atoms with E-state index >= 15 is 0 Å². The Bertz CT molecular complexity index is 493. The van der Waals surface area contributed by atoms with Crippen molar-refractivity contribution in [2.75, 3.05) is 33.8 Å². The summed E-state index contributed by atoms with van der Waals surface area (Å²) in [5, 5.41) is 9.43. The second-order valence-electron chi connectivity index (χ2n) is 5.91. The largest absolute Gasteiger partial charge is 0.396 e. The Morgan fingerprint density at radius 1 is 1.48 bits per heavy atom. The summed E-state index contributed by atoms with van der Waals surface area (Å²) in [5.74, 6) is -0.0903. The van der Waals surface area contributed by atoms with Crippen molar-refractivity contribution in [1.29, 1.82) is 0 Å². The average molecular weight is 294 g/mol. The van der Waals surface area contributed by atoms with Gasteiger partial charge in [-0.05, 0) is 38.2 Å². The lowest BCUT2D eigenvalue weighted by molar-refractivity contribution is -0.133. The molecular formula is C16H23FN2O2. The summed E-state index contributed by atoms with van der Waals surface area (Å²) < 4.78 is 13.2. The number of nitrogens with zero attached hydrogens (tertiary/aromatic N) is 2. The van der Waals surface area contributed by atoms with Gasteiger partial charge in [0.25, 0.3) is 0 Å². The number of rotatable bonds is 4. The Hall–Kier alpha value is -1.46. The van der Waals surface area contributed by atoms with Gasteiger partial charge >= 0.3 is 0 Å². The first kappa shape index (κ1) is 15.9. The number of hydrogen-bond donors (Lipinski definition) is 1. The number of aliphatic hydroxyl groups excluding tert-OH is 1. The van der Waals surface area contributed by atoms with Crippen LogP contribution in [0.25, 0.3) is 0 Å². The Morgan fingerprint density at radius 2 is 2.24 bits per heavy atom. The van der Waals surface area contributed by atoms with Crippen molar-refractivity contribution in [2.24, 2.45) is 5.92 Å². The van der Waals surface area contributed by atoms with E-state index in [0.717, 1.165) is 6.42 Å². The van der Waals surface area contributed by atoms with E-state index in [9.17, 15) is 14.3 Å². The predicted molar refractivity (Wildman–Crippen MR) is 79.4 cm³/mol. The molecule has 1 N–H and O–H groups in total. The zero-order valence-corrected chi connectivity index (χ0v) is 12.6. The molecule has 1 aliphatic rings. The van der Waals surface area contributed by atoms with Gasteiger partial charge in [0, 0.05) is 31.7 Å². The van der Waals surface area contributed by atoms with Crippen LogP contribution in [0.5, 0.6) is 0 Å². The summed E-state index contributed by atoms with van der Waals surface area (Å²) >= 11 is 0. The molecule has 2 rings (SSSR count). The van der Waals surface area contributed by atoms with Crippen molar-refractivity contribution >= 4 is 5.91 Å². The van der Waals surface area contributed by atoms with Crippen LogP contribution in [-0.2, 0) is 11.2 Å². The van der Waals surface area contributed by atoms with Gasteiger partial charge in [0.2, 0.25) is 5.91 Å². The number of carbonyl (C=O) groups is 1. The topological polar surface area (TPSA) is 43.8 Å². The van der Waals surface area contributed by atoms with Crippen LogP contribution in [0.15, 0.2) is 24.3 Å². The lowest BCUT2D eigenvalue weighted by Gasteiger charge is -2.41. The number of halogens is 1. The molecule has 0 spiro atoms. The molecule has 2 atom stereocenters. The molecule has 0 saturated carbocycles. The van der Waals surface area contributed by atoms with Crippen LogP contribution >= 0.6 is 0 Å². The molecule has 0 bridgehead atoms. The fraction of sp³-hybridized carbons (Fsp3) is 0.562. The molecule has 0 radical (unpaired) electrons. The Kier molecular flexibility index (Phi) is 5.31. The third kappa shape index (κ3) is 4.02. The zero-order chi connectivity index (χ0) is 15.4. The third-order valence-corrected chi connectivity index (χ3v) is 4.22. The zero-order valence-electron chi connectivity index (χ0n) is 12.6. The highest BCUT2D eigenvalue weighted by Crippen LogP contribution is 2.21. The quantitative estimate of drug-likeness (QED) is 0.905. The number of likely N-dealkylation sites (tertiary alicyclic amines) is 1. The van der Waals surface area contributed by atoms with E-state index in [-0.39, 0.29) is 36.7 Å². The SMILES string of the molecule is CN(C)[C@@H]1CN(C(=O)Cc2cccc(F)c2)CC[C@@H]1CO. The Morgan fingerprint density at radius 3 is 2.86 bits per heavy atom. The molecule has 116 valence electrons. The highest BCUT2D eigenvalue weighted by atomic mass is 19.1. The van der Waals surface area contributed by atoms with Crippen molar-refractivity contribution < 1.29 is 14.3 Å². The number of aliphatic hydroxyl groups is 1. The maximum absolute atomic E-state index is 13.2. The van der Waals surface area contributed by atoms with Crippen LogP contribution in [0.1, 0.15) is 12.0 Å². The molecular weight excluding hydrogens is 271 g/mol. The fourth-order valence-electron chi connectivity index (χ4n) is 2.94. The van der Waals surface area contributed by atoms with Gasteiger partial charge in [-0.25, -0.2) is 4.39 Å². The molecule has 0 aliphatic carbocycles. The number of amides is 1. The molecule has 1 aromatic rings. The van der Waals surface area contributed by atoms with Gasteiger partial charge in [-0.3, -0.25) is 4.79 Å². The second kappa shape index (κ2) is 7.00. The van der Waals surface area contributed by atoms with Crippen molar-refractivity contribution in [3.05, 3.63) is 35.6 Å². The average Bonchev–Trinajstić information content (AvgIpc) is 2.46. The molecule has 21 heavy (non-hydrogen) atoms. The first-order valence-electron chi connectivity index (χ1n) is 7.30. The summed E-state index contributed by atoms with van der Waals surface area (Å²) in [6.07, 6.45) is 1.02. The van der Waals surface area contributed by atoms with E-state index in [0.29, 0.717) is 18.7 Å². The number of hydrogen-bond acceptors (Lipinski definition) is 3. The van der Waals surface area contributed by atoms with Crippen LogP contribution in [0.3, 0.4) is 0 Å². The molecule has 1 amide bonds. The normalized spacial score (nSPS) is 22.6. The van der Waals surface area contributed by atoms with Crippen molar-refractivity contribution in [3.63, 3.8) is 0 Å². The van der Waals surface area contributed by atoms with Crippen LogP contribution in [0, 0.1) is 11.7 Å². The molecule has 1 aliphatic heterocycles. The summed E-state index contributed by atoms with van der Waals surface area (Å²) in [6.45, 7) is 1.42. The van der Waals surface area contributed by atoms with Crippen molar-refractivity contribution in [2.45, 2.75) is 18.9 Å². The van der Waals surface area contributed by atoms with Crippen LogP contribution in [0.4, 0.5) is 4.39 Å². The highest BCUT2D eigenvalue weighted by molar-refractivity contribution is 5.79.